The molecule has 2 saturated heterocycles. The van der Waals surface area contributed by atoms with Crippen LogP contribution in [0, 0.1) is 0 Å². The Balaban J connectivity index is 0.00000144. The van der Waals surface area contributed by atoms with Gasteiger partial charge in [-0.05, 0) is 37.8 Å². The molecule has 0 atom stereocenters. The van der Waals surface area contributed by atoms with Crippen LogP contribution in [0.25, 0.3) is 0 Å². The first kappa shape index (κ1) is 16.7. The van der Waals surface area contributed by atoms with E-state index in [-0.39, 0.29) is 29.8 Å². The summed E-state index contributed by atoms with van der Waals surface area (Å²) in [5.74, 6) is -0.230. The zero-order valence-corrected chi connectivity index (χ0v) is 15.5. The molecule has 3 aliphatic rings. The molecule has 1 aromatic carbocycles. The molecule has 4 heteroatoms. The van der Waals surface area contributed by atoms with Crippen LogP contribution < -0.4 is 0 Å². The Hall–Kier alpha value is -0.170. The van der Waals surface area contributed by atoms with Crippen molar-refractivity contribution in [3.05, 3.63) is 35.9 Å². The van der Waals surface area contributed by atoms with Gasteiger partial charge in [0.05, 0.1) is 13.2 Å². The van der Waals surface area contributed by atoms with Crippen LogP contribution in [-0.2, 0) is 16.0 Å². The average Bonchev–Trinajstić information content (AvgIpc) is 3.13. The van der Waals surface area contributed by atoms with Crippen molar-refractivity contribution >= 4 is 24.0 Å². The molecule has 1 aliphatic carbocycles. The van der Waals surface area contributed by atoms with Crippen LogP contribution in [0.15, 0.2) is 30.3 Å². The van der Waals surface area contributed by atoms with Gasteiger partial charge in [0.2, 0.25) is 0 Å². The summed E-state index contributed by atoms with van der Waals surface area (Å²) in [7, 11) is 0. The maximum absolute atomic E-state index is 5.90. The van der Waals surface area contributed by atoms with E-state index in [4.69, 9.17) is 9.47 Å². The molecule has 3 nitrogen and oxygen atoms in total. The molecule has 0 unspecified atom stereocenters. The normalized spacial score (nSPS) is 26.4. The van der Waals surface area contributed by atoms with Gasteiger partial charge in [0.15, 0.2) is 5.79 Å². The Morgan fingerprint density at radius 1 is 0.909 bits per heavy atom. The Morgan fingerprint density at radius 2 is 1.59 bits per heavy atom. The smallest absolute Gasteiger partial charge is 0.168 e. The highest BCUT2D eigenvalue weighted by atomic mass is 127. The van der Waals surface area contributed by atoms with Gasteiger partial charge < -0.3 is 9.47 Å². The molecule has 22 heavy (non-hydrogen) atoms. The van der Waals surface area contributed by atoms with Crippen LogP contribution in [-0.4, -0.2) is 36.0 Å². The Labute approximate surface area is 150 Å². The first-order valence-corrected chi connectivity index (χ1v) is 8.37. The zero-order valence-electron chi connectivity index (χ0n) is 13.1. The molecule has 1 saturated carbocycles. The second-order valence-corrected chi connectivity index (χ2v) is 6.84. The third-order valence-electron chi connectivity index (χ3n) is 5.71. The molecule has 0 amide bonds. The van der Waals surface area contributed by atoms with Gasteiger partial charge in [0, 0.05) is 24.9 Å². The van der Waals surface area contributed by atoms with Crippen LogP contribution in [0.2, 0.25) is 0 Å². The summed E-state index contributed by atoms with van der Waals surface area (Å²) >= 11 is 0. The minimum atomic E-state index is -0.230. The van der Waals surface area contributed by atoms with Gasteiger partial charge in [0.25, 0.3) is 0 Å². The fourth-order valence-corrected chi connectivity index (χ4v) is 4.49. The largest absolute Gasteiger partial charge is 0.348 e. The molecule has 3 fully saturated rings. The van der Waals surface area contributed by atoms with Crippen molar-refractivity contribution in [3.63, 3.8) is 0 Å². The van der Waals surface area contributed by atoms with Crippen molar-refractivity contribution in [1.82, 2.24) is 4.90 Å². The fraction of sp³-hybridized carbons (Fsp3) is 0.667. The predicted octanol–water partition coefficient (Wildman–Crippen LogP) is 3.96. The fourth-order valence-electron chi connectivity index (χ4n) is 4.49. The first-order chi connectivity index (χ1) is 10.3. The Kier molecular flexibility index (Phi) is 5.12. The van der Waals surface area contributed by atoms with Crippen LogP contribution in [0.4, 0.5) is 0 Å². The lowest BCUT2D eigenvalue weighted by molar-refractivity contribution is -0.192. The summed E-state index contributed by atoms with van der Waals surface area (Å²) in [6.45, 7) is 3.89. The SMILES string of the molecule is I.c1ccc(CN2CCCC23CCC2(CC3)OCCO2)cc1. The van der Waals surface area contributed by atoms with Crippen LogP contribution in [0.1, 0.15) is 44.1 Å². The number of benzene rings is 1. The second kappa shape index (κ2) is 6.75. The number of hydrogen-bond acceptors (Lipinski definition) is 3. The molecule has 2 spiro atoms. The lowest BCUT2D eigenvalue weighted by atomic mass is 9.77. The van der Waals surface area contributed by atoms with Crippen LogP contribution >= 0.6 is 24.0 Å². The quantitative estimate of drug-likeness (QED) is 0.683. The van der Waals surface area contributed by atoms with Crippen LogP contribution in [0.5, 0.6) is 0 Å². The molecule has 2 heterocycles. The molecule has 4 rings (SSSR count). The highest BCUT2D eigenvalue weighted by Crippen LogP contribution is 2.47. The number of halogens is 1. The molecule has 0 N–H and O–H groups in total. The minimum absolute atomic E-state index is 0. The van der Waals surface area contributed by atoms with Gasteiger partial charge in [-0.3, -0.25) is 4.90 Å². The van der Waals surface area contributed by atoms with Gasteiger partial charge in [-0.2, -0.15) is 0 Å². The Bertz CT molecular complexity index is 477. The topological polar surface area (TPSA) is 21.7 Å². The van der Waals surface area contributed by atoms with Crippen molar-refractivity contribution < 1.29 is 9.47 Å². The summed E-state index contributed by atoms with van der Waals surface area (Å²) < 4.78 is 11.8. The first-order valence-electron chi connectivity index (χ1n) is 8.37. The maximum atomic E-state index is 5.90. The molecule has 0 aromatic heterocycles. The lowest BCUT2D eigenvalue weighted by Gasteiger charge is -2.46. The Morgan fingerprint density at radius 3 is 2.27 bits per heavy atom. The predicted molar refractivity (Wildman–Crippen MR) is 97.3 cm³/mol. The number of likely N-dealkylation sites (tertiary alicyclic amines) is 1. The van der Waals surface area contributed by atoms with Crippen molar-refractivity contribution in [1.29, 1.82) is 0 Å². The average molecular weight is 415 g/mol. The van der Waals surface area contributed by atoms with Gasteiger partial charge in [-0.1, -0.05) is 30.3 Å². The number of ether oxygens (including phenoxy) is 2. The number of hydrogen-bond donors (Lipinski definition) is 0. The van der Waals surface area contributed by atoms with E-state index in [1.54, 1.807) is 0 Å². The molecule has 0 radical (unpaired) electrons. The van der Waals surface area contributed by atoms with E-state index in [9.17, 15) is 0 Å². The van der Waals surface area contributed by atoms with E-state index in [1.807, 2.05) is 0 Å². The maximum Gasteiger partial charge on any atom is 0.168 e. The van der Waals surface area contributed by atoms with Gasteiger partial charge >= 0.3 is 0 Å². The molecule has 1 aromatic rings. The summed E-state index contributed by atoms with van der Waals surface area (Å²) in [4.78, 5) is 2.73. The van der Waals surface area contributed by atoms with E-state index < -0.39 is 0 Å². The highest BCUT2D eigenvalue weighted by Gasteiger charge is 2.50. The zero-order chi connectivity index (χ0) is 14.2. The van der Waals surface area contributed by atoms with E-state index in [0.29, 0.717) is 5.54 Å². The second-order valence-electron chi connectivity index (χ2n) is 6.84. The van der Waals surface area contributed by atoms with E-state index in [1.165, 1.54) is 37.8 Å². The van der Waals surface area contributed by atoms with E-state index >= 15 is 0 Å². The number of nitrogens with zero attached hydrogens (tertiary/aromatic N) is 1. The van der Waals surface area contributed by atoms with Crippen LogP contribution in [0.3, 0.4) is 0 Å². The third kappa shape index (κ3) is 3.07. The molecular weight excluding hydrogens is 389 g/mol. The summed E-state index contributed by atoms with van der Waals surface area (Å²) in [5.41, 5.74) is 1.84. The van der Waals surface area contributed by atoms with Crippen molar-refractivity contribution in [3.8, 4) is 0 Å². The molecule has 0 bridgehead atoms. The monoisotopic (exact) mass is 415 g/mol. The van der Waals surface area contributed by atoms with Crippen molar-refractivity contribution in [2.45, 2.75) is 56.4 Å². The standard InChI is InChI=1S/C18H25NO2.HI/c1-2-5-16(6-3-1)15-19-12-4-7-17(19)8-10-18(11-9-17)20-13-14-21-18;/h1-3,5-6H,4,7-15H2;1H. The number of rotatable bonds is 2. The minimum Gasteiger partial charge on any atom is -0.348 e. The molecular formula is C18H26INO2. The van der Waals surface area contributed by atoms with Gasteiger partial charge in [-0.15, -0.1) is 24.0 Å². The van der Waals surface area contributed by atoms with E-state index in [2.05, 4.69) is 35.2 Å². The van der Waals surface area contributed by atoms with Crippen molar-refractivity contribution in [2.24, 2.45) is 0 Å². The summed E-state index contributed by atoms with van der Waals surface area (Å²) in [6.07, 6.45) is 7.26. The third-order valence-corrected chi connectivity index (χ3v) is 5.71. The molecule has 122 valence electrons. The summed E-state index contributed by atoms with van der Waals surface area (Å²) in [6, 6.07) is 10.9. The highest BCUT2D eigenvalue weighted by molar-refractivity contribution is 14.0. The van der Waals surface area contributed by atoms with E-state index in [0.717, 1.165) is 32.6 Å². The van der Waals surface area contributed by atoms with Gasteiger partial charge in [0.1, 0.15) is 0 Å². The summed E-state index contributed by atoms with van der Waals surface area (Å²) in [5, 5.41) is 0. The van der Waals surface area contributed by atoms with Crippen molar-refractivity contribution in [2.75, 3.05) is 19.8 Å². The lowest BCUT2D eigenvalue weighted by Crippen LogP contribution is -2.50. The molecule has 2 aliphatic heterocycles. The van der Waals surface area contributed by atoms with Gasteiger partial charge in [-0.25, -0.2) is 0 Å².